The van der Waals surface area contributed by atoms with E-state index in [1.165, 1.54) is 0 Å². The molecule has 0 unspecified atom stereocenters. The van der Waals surface area contributed by atoms with E-state index in [2.05, 4.69) is 20.7 Å². The average Bonchev–Trinajstić information content (AvgIpc) is 3.04. The zero-order valence-electron chi connectivity index (χ0n) is 14.6. The summed E-state index contributed by atoms with van der Waals surface area (Å²) in [6.07, 6.45) is 6.14. The number of aromatic nitrogens is 3. The maximum absolute atomic E-state index is 12.8. The molecule has 2 aromatic heterocycles. The molecular formula is C19H21N5O2. The third-order valence-electron chi connectivity index (χ3n) is 5.30. The van der Waals surface area contributed by atoms with Gasteiger partial charge in [0, 0.05) is 49.9 Å². The monoisotopic (exact) mass is 351 g/mol. The predicted molar refractivity (Wildman–Crippen MR) is 96.9 cm³/mol. The van der Waals surface area contributed by atoms with E-state index in [0.29, 0.717) is 12.5 Å². The van der Waals surface area contributed by atoms with Gasteiger partial charge in [0.25, 0.3) is 0 Å². The van der Waals surface area contributed by atoms with Gasteiger partial charge in [0.1, 0.15) is 5.52 Å². The second-order valence-electron chi connectivity index (χ2n) is 7.32. The summed E-state index contributed by atoms with van der Waals surface area (Å²) in [5.41, 5.74) is 3.42. The van der Waals surface area contributed by atoms with Crippen molar-refractivity contribution in [1.82, 2.24) is 20.1 Å². The van der Waals surface area contributed by atoms with Gasteiger partial charge in [-0.3, -0.25) is 9.48 Å². The van der Waals surface area contributed by atoms with Crippen LogP contribution < -0.4 is 10.6 Å². The van der Waals surface area contributed by atoms with Crippen molar-refractivity contribution in [3.05, 3.63) is 42.0 Å². The van der Waals surface area contributed by atoms with Crippen molar-refractivity contribution in [2.45, 2.75) is 24.7 Å². The number of nitrogens with one attached hydrogen (secondary N) is 2. The summed E-state index contributed by atoms with van der Waals surface area (Å²) in [6.45, 7) is 1.46. The molecule has 2 N–H and O–H groups in total. The molecule has 1 aliphatic heterocycles. The largest absolute Gasteiger partial charge is 0.440 e. The number of aryl methyl sites for hydroxylation is 1. The van der Waals surface area contributed by atoms with Crippen molar-refractivity contribution < 1.29 is 9.21 Å². The number of hydrogen-bond acceptors (Lipinski definition) is 5. The molecule has 7 heteroatoms. The Kier molecular flexibility index (Phi) is 3.56. The molecule has 1 saturated carbocycles. The number of carbonyl (C=O) groups excluding carboxylic acids is 1. The van der Waals surface area contributed by atoms with E-state index in [1.54, 1.807) is 4.68 Å². The zero-order valence-corrected chi connectivity index (χ0v) is 14.6. The molecule has 26 heavy (non-hydrogen) atoms. The van der Waals surface area contributed by atoms with E-state index in [4.69, 9.17) is 4.42 Å². The molecule has 3 heterocycles. The van der Waals surface area contributed by atoms with Gasteiger partial charge in [-0.05, 0) is 30.5 Å². The number of amides is 1. The minimum absolute atomic E-state index is 0.0186. The minimum Gasteiger partial charge on any atom is -0.440 e. The van der Waals surface area contributed by atoms with Gasteiger partial charge in [-0.15, -0.1) is 0 Å². The lowest BCUT2D eigenvalue weighted by molar-refractivity contribution is -0.119. The first-order chi connectivity index (χ1) is 12.7. The molecule has 0 bridgehead atoms. The zero-order chi connectivity index (χ0) is 17.7. The normalized spacial score (nSPS) is 22.8. The van der Waals surface area contributed by atoms with E-state index in [9.17, 15) is 4.79 Å². The number of fused-ring (bicyclic) bond motifs is 1. The summed E-state index contributed by atoms with van der Waals surface area (Å²) in [7, 11) is 1.89. The molecule has 1 aliphatic carbocycles. The van der Waals surface area contributed by atoms with Crippen LogP contribution in [-0.2, 0) is 11.8 Å². The maximum Gasteiger partial charge on any atom is 0.229 e. The third-order valence-corrected chi connectivity index (χ3v) is 5.30. The Morgan fingerprint density at radius 2 is 2.23 bits per heavy atom. The van der Waals surface area contributed by atoms with Gasteiger partial charge >= 0.3 is 0 Å². The Labute approximate surface area is 150 Å². The second kappa shape index (κ2) is 5.95. The standard InChI is InChI=1S/C19H21N5O2/c1-24-10-12(7-21-24)14-8-20-9-15(14)18(25)22-13-4-5-16-17(6-13)26-19(23-16)11-2-3-11/h4-7,10-11,14-15,20H,2-3,8-9H2,1H3,(H,22,25)/t14-,15+/m1/s1. The summed E-state index contributed by atoms with van der Waals surface area (Å²) in [5, 5.41) is 10.6. The molecular weight excluding hydrogens is 330 g/mol. The Morgan fingerprint density at radius 3 is 3.00 bits per heavy atom. The Hall–Kier alpha value is -2.67. The Bertz CT molecular complexity index is 971. The van der Waals surface area contributed by atoms with Crippen molar-refractivity contribution in [2.75, 3.05) is 18.4 Å². The highest BCUT2D eigenvalue weighted by Crippen LogP contribution is 2.40. The lowest BCUT2D eigenvalue weighted by Gasteiger charge is -2.17. The molecule has 1 aromatic carbocycles. The summed E-state index contributed by atoms with van der Waals surface area (Å²) in [6, 6.07) is 5.67. The summed E-state index contributed by atoms with van der Waals surface area (Å²) in [5.74, 6) is 1.33. The molecule has 3 aromatic rings. The van der Waals surface area contributed by atoms with Crippen LogP contribution in [-0.4, -0.2) is 33.8 Å². The van der Waals surface area contributed by atoms with Crippen molar-refractivity contribution in [2.24, 2.45) is 13.0 Å². The molecule has 5 rings (SSSR count). The topological polar surface area (TPSA) is 85.0 Å². The second-order valence-corrected chi connectivity index (χ2v) is 7.32. The van der Waals surface area contributed by atoms with Gasteiger partial charge in [0.05, 0.1) is 12.1 Å². The first-order valence-electron chi connectivity index (χ1n) is 9.08. The first-order valence-corrected chi connectivity index (χ1v) is 9.08. The fourth-order valence-corrected chi connectivity index (χ4v) is 3.70. The fraction of sp³-hybridized carbons (Fsp3) is 0.421. The van der Waals surface area contributed by atoms with Crippen LogP contribution in [0, 0.1) is 5.92 Å². The number of benzene rings is 1. The number of rotatable bonds is 4. The number of anilines is 1. The number of carbonyl (C=O) groups is 1. The van der Waals surface area contributed by atoms with Gasteiger partial charge in [0.2, 0.25) is 5.91 Å². The maximum atomic E-state index is 12.8. The highest BCUT2D eigenvalue weighted by molar-refractivity contribution is 5.95. The fourth-order valence-electron chi connectivity index (χ4n) is 3.70. The third kappa shape index (κ3) is 2.78. The van der Waals surface area contributed by atoms with Crippen LogP contribution >= 0.6 is 0 Å². The van der Waals surface area contributed by atoms with Crippen LogP contribution in [0.2, 0.25) is 0 Å². The molecule has 2 aliphatic rings. The van der Waals surface area contributed by atoms with Crippen molar-refractivity contribution in [3.8, 4) is 0 Å². The lowest BCUT2D eigenvalue weighted by Crippen LogP contribution is -2.28. The van der Waals surface area contributed by atoms with E-state index in [-0.39, 0.29) is 17.7 Å². The average molecular weight is 351 g/mol. The van der Waals surface area contributed by atoms with E-state index >= 15 is 0 Å². The molecule has 0 radical (unpaired) electrons. The molecule has 1 saturated heterocycles. The predicted octanol–water partition coefficient (Wildman–Crippen LogP) is 2.38. The summed E-state index contributed by atoms with van der Waals surface area (Å²) < 4.78 is 7.62. The van der Waals surface area contributed by atoms with Gasteiger partial charge < -0.3 is 15.1 Å². The Balaban J connectivity index is 1.34. The molecule has 134 valence electrons. The van der Waals surface area contributed by atoms with Gasteiger partial charge in [-0.25, -0.2) is 4.98 Å². The first kappa shape index (κ1) is 15.6. The van der Waals surface area contributed by atoms with E-state index in [0.717, 1.165) is 47.6 Å². The molecule has 7 nitrogen and oxygen atoms in total. The van der Waals surface area contributed by atoms with E-state index < -0.39 is 0 Å². The Morgan fingerprint density at radius 1 is 1.35 bits per heavy atom. The van der Waals surface area contributed by atoms with Crippen LogP contribution in [0.3, 0.4) is 0 Å². The number of oxazole rings is 1. The highest BCUT2D eigenvalue weighted by atomic mass is 16.3. The minimum atomic E-state index is -0.119. The van der Waals surface area contributed by atoms with Crippen LogP contribution in [0.25, 0.3) is 11.1 Å². The van der Waals surface area contributed by atoms with E-state index in [1.807, 2.05) is 37.6 Å². The highest BCUT2D eigenvalue weighted by Gasteiger charge is 2.35. The van der Waals surface area contributed by atoms with Crippen molar-refractivity contribution in [1.29, 1.82) is 0 Å². The van der Waals surface area contributed by atoms with Gasteiger partial charge in [-0.2, -0.15) is 5.10 Å². The van der Waals surface area contributed by atoms with Crippen LogP contribution in [0.4, 0.5) is 5.69 Å². The van der Waals surface area contributed by atoms with Crippen LogP contribution in [0.1, 0.15) is 36.1 Å². The van der Waals surface area contributed by atoms with Crippen LogP contribution in [0.15, 0.2) is 35.0 Å². The quantitative estimate of drug-likeness (QED) is 0.754. The van der Waals surface area contributed by atoms with Gasteiger partial charge in [0.15, 0.2) is 11.5 Å². The van der Waals surface area contributed by atoms with Crippen LogP contribution in [0.5, 0.6) is 0 Å². The lowest BCUT2D eigenvalue weighted by atomic mass is 9.90. The molecule has 0 spiro atoms. The molecule has 2 atom stereocenters. The number of nitrogens with zero attached hydrogens (tertiary/aromatic N) is 3. The van der Waals surface area contributed by atoms with Crippen molar-refractivity contribution >= 4 is 22.7 Å². The molecule has 1 amide bonds. The molecule has 2 fully saturated rings. The summed E-state index contributed by atoms with van der Waals surface area (Å²) in [4.78, 5) is 17.4. The number of hydrogen-bond donors (Lipinski definition) is 2. The summed E-state index contributed by atoms with van der Waals surface area (Å²) >= 11 is 0. The SMILES string of the molecule is Cn1cc([C@H]2CNC[C@@H]2C(=O)Nc2ccc3nc(C4CC4)oc3c2)cn1. The van der Waals surface area contributed by atoms with Gasteiger partial charge in [-0.1, -0.05) is 0 Å². The smallest absolute Gasteiger partial charge is 0.229 e. The van der Waals surface area contributed by atoms with Crippen molar-refractivity contribution in [3.63, 3.8) is 0 Å².